The first-order chi connectivity index (χ1) is 9.72. The van der Waals surface area contributed by atoms with Gasteiger partial charge in [-0.1, -0.05) is 27.5 Å². The van der Waals surface area contributed by atoms with E-state index in [-0.39, 0.29) is 0 Å². The Morgan fingerprint density at radius 1 is 1.25 bits per heavy atom. The fourth-order valence-corrected chi connectivity index (χ4v) is 2.44. The van der Waals surface area contributed by atoms with Gasteiger partial charge < -0.3 is 5.32 Å². The minimum Gasteiger partial charge on any atom is -0.368 e. The maximum atomic E-state index is 5.99. The highest BCUT2D eigenvalue weighted by Crippen LogP contribution is 2.21. The first kappa shape index (κ1) is 13.3. The summed E-state index contributed by atoms with van der Waals surface area (Å²) in [5.74, 6) is 0.725. The van der Waals surface area contributed by atoms with E-state index < -0.39 is 0 Å². The number of nitrogens with zero attached hydrogens (tertiary/aromatic N) is 5. The van der Waals surface area contributed by atoms with E-state index in [0.29, 0.717) is 5.65 Å². The third kappa shape index (κ3) is 2.88. The van der Waals surface area contributed by atoms with Gasteiger partial charge in [-0.2, -0.15) is 0 Å². The lowest BCUT2D eigenvalue weighted by atomic mass is 10.1. The van der Waals surface area contributed by atoms with Gasteiger partial charge in [0.1, 0.15) is 5.82 Å². The van der Waals surface area contributed by atoms with Gasteiger partial charge in [0.05, 0.1) is 0 Å². The van der Waals surface area contributed by atoms with E-state index in [9.17, 15) is 0 Å². The van der Waals surface area contributed by atoms with E-state index in [1.807, 2.05) is 30.3 Å². The molecule has 0 radical (unpaired) electrons. The van der Waals surface area contributed by atoms with Gasteiger partial charge in [-0.3, -0.25) is 0 Å². The molecule has 1 aromatic carbocycles. The molecule has 0 aliphatic carbocycles. The quantitative estimate of drug-likeness (QED) is 0.781. The molecule has 0 bridgehead atoms. The lowest BCUT2D eigenvalue weighted by Crippen LogP contribution is -2.08. The standard InChI is InChI=1S/C12H10BrClN6/c13-10-2-1-9(14)7-8(10)5-6-15-11-3-4-12-16-18-19-20(12)17-11/h1-4,7H,5-6H2,(H,15,17). The summed E-state index contributed by atoms with van der Waals surface area (Å²) in [4.78, 5) is 0. The van der Waals surface area contributed by atoms with Gasteiger partial charge in [-0.15, -0.1) is 14.8 Å². The number of tetrazole rings is 1. The summed E-state index contributed by atoms with van der Waals surface area (Å²) in [5, 5.41) is 19.3. The molecule has 1 N–H and O–H groups in total. The van der Waals surface area contributed by atoms with Crippen LogP contribution in [0.15, 0.2) is 34.8 Å². The molecular weight excluding hydrogens is 344 g/mol. The third-order valence-electron chi connectivity index (χ3n) is 2.78. The number of aromatic nitrogens is 5. The molecule has 20 heavy (non-hydrogen) atoms. The number of rotatable bonds is 4. The summed E-state index contributed by atoms with van der Waals surface area (Å²) >= 11 is 9.50. The van der Waals surface area contributed by atoms with Crippen LogP contribution in [0.5, 0.6) is 0 Å². The average Bonchev–Trinajstić information content (AvgIpc) is 2.90. The first-order valence-corrected chi connectivity index (χ1v) is 7.13. The minimum atomic E-state index is 0.619. The fraction of sp³-hybridized carbons (Fsp3) is 0.167. The summed E-state index contributed by atoms with van der Waals surface area (Å²) in [5.41, 5.74) is 1.77. The molecule has 0 amide bonds. The molecule has 0 saturated carbocycles. The molecule has 6 nitrogen and oxygen atoms in total. The highest BCUT2D eigenvalue weighted by atomic mass is 79.9. The van der Waals surface area contributed by atoms with Gasteiger partial charge in [0.2, 0.25) is 0 Å². The van der Waals surface area contributed by atoms with E-state index in [4.69, 9.17) is 11.6 Å². The molecule has 8 heteroatoms. The Morgan fingerprint density at radius 3 is 3.05 bits per heavy atom. The number of hydrogen-bond donors (Lipinski definition) is 1. The van der Waals surface area contributed by atoms with Crippen LogP contribution in [-0.4, -0.2) is 31.8 Å². The second kappa shape index (κ2) is 5.72. The predicted molar refractivity (Wildman–Crippen MR) is 79.9 cm³/mol. The van der Waals surface area contributed by atoms with Gasteiger partial charge >= 0.3 is 0 Å². The van der Waals surface area contributed by atoms with Crippen LogP contribution in [-0.2, 0) is 6.42 Å². The number of halogens is 2. The fourth-order valence-electron chi connectivity index (χ4n) is 1.80. The number of anilines is 1. The molecule has 102 valence electrons. The second-order valence-electron chi connectivity index (χ2n) is 4.16. The van der Waals surface area contributed by atoms with Crippen molar-refractivity contribution in [2.24, 2.45) is 0 Å². The molecule has 0 saturated heterocycles. The highest BCUT2D eigenvalue weighted by molar-refractivity contribution is 9.10. The lowest BCUT2D eigenvalue weighted by Gasteiger charge is -2.07. The van der Waals surface area contributed by atoms with Gasteiger partial charge in [0.25, 0.3) is 0 Å². The Morgan fingerprint density at radius 2 is 2.15 bits per heavy atom. The van der Waals surface area contributed by atoms with Crippen molar-refractivity contribution in [3.8, 4) is 0 Å². The van der Waals surface area contributed by atoms with Crippen molar-refractivity contribution in [3.63, 3.8) is 0 Å². The number of benzene rings is 1. The average molecular weight is 354 g/mol. The summed E-state index contributed by atoms with van der Waals surface area (Å²) in [7, 11) is 0. The molecule has 0 unspecified atom stereocenters. The number of nitrogens with one attached hydrogen (secondary N) is 1. The van der Waals surface area contributed by atoms with Crippen LogP contribution in [0.2, 0.25) is 5.02 Å². The zero-order chi connectivity index (χ0) is 13.9. The van der Waals surface area contributed by atoms with Crippen molar-refractivity contribution >= 4 is 39.0 Å². The van der Waals surface area contributed by atoms with Crippen molar-refractivity contribution < 1.29 is 0 Å². The van der Waals surface area contributed by atoms with E-state index in [2.05, 4.69) is 41.9 Å². The van der Waals surface area contributed by atoms with Crippen LogP contribution in [0.1, 0.15) is 5.56 Å². The Balaban J connectivity index is 1.65. The van der Waals surface area contributed by atoms with Crippen LogP contribution in [0.4, 0.5) is 5.82 Å². The molecule has 2 aromatic heterocycles. The molecular formula is C12H10BrClN6. The number of fused-ring (bicyclic) bond motifs is 1. The van der Waals surface area contributed by atoms with E-state index >= 15 is 0 Å². The molecule has 0 aliphatic heterocycles. The monoisotopic (exact) mass is 352 g/mol. The van der Waals surface area contributed by atoms with Crippen LogP contribution >= 0.6 is 27.5 Å². The van der Waals surface area contributed by atoms with Crippen molar-refractivity contribution in [3.05, 3.63) is 45.4 Å². The van der Waals surface area contributed by atoms with E-state index in [1.54, 1.807) is 0 Å². The Hall–Kier alpha value is -1.73. The SMILES string of the molecule is Clc1ccc(Br)c(CCNc2ccc3nnnn3n2)c1. The van der Waals surface area contributed by atoms with Crippen LogP contribution < -0.4 is 5.32 Å². The topological polar surface area (TPSA) is 68.0 Å². The minimum absolute atomic E-state index is 0.619. The first-order valence-electron chi connectivity index (χ1n) is 5.95. The highest BCUT2D eigenvalue weighted by Gasteiger charge is 2.03. The van der Waals surface area contributed by atoms with Crippen molar-refractivity contribution in [2.75, 3.05) is 11.9 Å². The molecule has 3 rings (SSSR count). The van der Waals surface area contributed by atoms with Gasteiger partial charge in [-0.25, -0.2) is 0 Å². The van der Waals surface area contributed by atoms with Crippen LogP contribution in [0.3, 0.4) is 0 Å². The summed E-state index contributed by atoms with van der Waals surface area (Å²) < 4.78 is 2.44. The maximum absolute atomic E-state index is 5.99. The number of hydrogen-bond acceptors (Lipinski definition) is 5. The van der Waals surface area contributed by atoms with Gasteiger partial charge in [0.15, 0.2) is 5.65 Å². The maximum Gasteiger partial charge on any atom is 0.200 e. The Kier molecular flexibility index (Phi) is 3.79. The molecule has 3 aromatic rings. The molecule has 0 atom stereocenters. The molecule has 2 heterocycles. The van der Waals surface area contributed by atoms with Crippen molar-refractivity contribution in [1.29, 1.82) is 0 Å². The van der Waals surface area contributed by atoms with Gasteiger partial charge in [0, 0.05) is 16.0 Å². The normalized spacial score (nSPS) is 10.9. The Labute approximate surface area is 128 Å². The summed E-state index contributed by atoms with van der Waals surface area (Å²) in [6.07, 6.45) is 0.830. The van der Waals surface area contributed by atoms with Crippen molar-refractivity contribution in [1.82, 2.24) is 25.3 Å². The largest absolute Gasteiger partial charge is 0.368 e. The van der Waals surface area contributed by atoms with Gasteiger partial charge in [-0.05, 0) is 52.7 Å². The predicted octanol–water partition coefficient (Wildman–Crippen LogP) is 2.59. The van der Waals surface area contributed by atoms with E-state index in [1.165, 1.54) is 4.63 Å². The van der Waals surface area contributed by atoms with Crippen LogP contribution in [0, 0.1) is 0 Å². The molecule has 0 spiro atoms. The lowest BCUT2D eigenvalue weighted by molar-refractivity contribution is 0.733. The zero-order valence-corrected chi connectivity index (χ0v) is 12.6. The van der Waals surface area contributed by atoms with E-state index in [0.717, 1.165) is 33.8 Å². The summed E-state index contributed by atoms with van der Waals surface area (Å²) in [6, 6.07) is 9.41. The molecule has 0 aliphatic rings. The summed E-state index contributed by atoms with van der Waals surface area (Å²) in [6.45, 7) is 0.736. The molecule has 0 fully saturated rings. The van der Waals surface area contributed by atoms with Crippen LogP contribution in [0.25, 0.3) is 5.65 Å². The second-order valence-corrected chi connectivity index (χ2v) is 5.45. The zero-order valence-electron chi connectivity index (χ0n) is 10.3. The smallest absolute Gasteiger partial charge is 0.200 e. The third-order valence-corrected chi connectivity index (χ3v) is 3.79. The Bertz CT molecular complexity index is 744. The van der Waals surface area contributed by atoms with Crippen molar-refractivity contribution in [2.45, 2.75) is 6.42 Å².